The van der Waals surface area contributed by atoms with Crippen LogP contribution in [-0.2, 0) is 0 Å². The molecule has 338 valence electrons. The molecule has 6 aromatic rings. The van der Waals surface area contributed by atoms with Crippen molar-refractivity contribution >= 4 is 11.6 Å². The fraction of sp³-hybridized carbons (Fsp3) is 0.411. The van der Waals surface area contributed by atoms with E-state index in [2.05, 4.69) is 138 Å². The number of aromatic nitrogens is 3. The molecular formula is C56H78ClF2N3. The molecule has 0 unspecified atom stereocenters. The molecule has 0 spiro atoms. The third-order valence-electron chi connectivity index (χ3n) is 9.38. The van der Waals surface area contributed by atoms with Crippen molar-refractivity contribution in [1.82, 2.24) is 15.0 Å². The van der Waals surface area contributed by atoms with Gasteiger partial charge in [-0.05, 0) is 127 Å². The predicted molar refractivity (Wildman–Crippen MR) is 267 cm³/mol. The summed E-state index contributed by atoms with van der Waals surface area (Å²) in [5.74, 6) is 2.50. The van der Waals surface area contributed by atoms with E-state index in [0.717, 1.165) is 28.1 Å². The first-order valence-electron chi connectivity index (χ1n) is 21.7. The maximum atomic E-state index is 13.1. The highest BCUT2D eigenvalue weighted by atomic mass is 35.5. The van der Waals surface area contributed by atoms with Crippen molar-refractivity contribution in [3.8, 4) is 0 Å². The van der Waals surface area contributed by atoms with Gasteiger partial charge >= 0.3 is 0 Å². The summed E-state index contributed by atoms with van der Waals surface area (Å²) in [6.07, 6.45) is 3.37. The molecule has 0 aliphatic heterocycles. The van der Waals surface area contributed by atoms with Gasteiger partial charge in [-0.25, -0.2) is 8.78 Å². The molecule has 3 aromatic carbocycles. The summed E-state index contributed by atoms with van der Waals surface area (Å²) in [5.41, 5.74) is 10.7. The van der Waals surface area contributed by atoms with Gasteiger partial charge in [-0.3, -0.25) is 15.0 Å². The Morgan fingerprint density at radius 2 is 0.968 bits per heavy atom. The van der Waals surface area contributed by atoms with Crippen molar-refractivity contribution in [3.63, 3.8) is 0 Å². The fourth-order valence-electron chi connectivity index (χ4n) is 5.47. The minimum absolute atomic E-state index is 0. The molecule has 6 heteroatoms. The summed E-state index contributed by atoms with van der Waals surface area (Å²) in [4.78, 5) is 12.5. The molecule has 0 amide bonds. The van der Waals surface area contributed by atoms with Crippen LogP contribution in [0.5, 0.6) is 0 Å². The monoisotopic (exact) mass is 866 g/mol. The van der Waals surface area contributed by atoms with E-state index in [4.69, 9.17) is 11.6 Å². The van der Waals surface area contributed by atoms with Crippen molar-refractivity contribution in [2.75, 3.05) is 0 Å². The van der Waals surface area contributed by atoms with Crippen LogP contribution in [0.3, 0.4) is 0 Å². The zero-order valence-electron chi connectivity index (χ0n) is 40.0. The highest BCUT2D eigenvalue weighted by Gasteiger charge is 2.07. The Kier molecular flexibility index (Phi) is 28.0. The van der Waals surface area contributed by atoms with Crippen molar-refractivity contribution in [2.24, 2.45) is 0 Å². The maximum Gasteiger partial charge on any atom is 0.145 e. The summed E-state index contributed by atoms with van der Waals surface area (Å²) in [6, 6.07) is 36.1. The molecule has 0 aliphatic rings. The van der Waals surface area contributed by atoms with Crippen molar-refractivity contribution in [2.45, 2.75) is 154 Å². The molecule has 6 rings (SSSR count). The summed E-state index contributed by atoms with van der Waals surface area (Å²) >= 11 is 5.65. The number of rotatable bonds is 6. The fourth-order valence-corrected chi connectivity index (χ4v) is 5.58. The zero-order valence-corrected chi connectivity index (χ0v) is 40.7. The zero-order chi connectivity index (χ0) is 46.2. The van der Waals surface area contributed by atoms with E-state index in [0.29, 0.717) is 34.4 Å². The molecule has 3 aromatic heterocycles. The Morgan fingerprint density at radius 3 is 1.37 bits per heavy atom. The molecule has 0 saturated heterocycles. The van der Waals surface area contributed by atoms with Crippen LogP contribution in [0.15, 0.2) is 122 Å². The lowest BCUT2D eigenvalue weighted by molar-refractivity contribution is 0.583. The number of halogens is 3. The molecule has 0 atom stereocenters. The number of nitrogens with zero attached hydrogens (tertiary/aromatic N) is 3. The highest BCUT2D eigenvalue weighted by molar-refractivity contribution is 6.30. The average molecular weight is 867 g/mol. The van der Waals surface area contributed by atoms with Crippen LogP contribution in [0.2, 0.25) is 5.02 Å². The highest BCUT2D eigenvalue weighted by Crippen LogP contribution is 2.19. The average Bonchev–Trinajstić information content (AvgIpc) is 3.19. The first-order chi connectivity index (χ1) is 28.6. The number of hydrogen-bond acceptors (Lipinski definition) is 3. The van der Waals surface area contributed by atoms with Gasteiger partial charge in [0, 0.05) is 29.5 Å². The Balaban J connectivity index is 0.000000719. The van der Waals surface area contributed by atoms with Crippen molar-refractivity contribution in [1.29, 1.82) is 0 Å². The van der Waals surface area contributed by atoms with Gasteiger partial charge in [0.25, 0.3) is 0 Å². The second-order valence-corrected chi connectivity index (χ2v) is 17.7. The molecule has 3 heterocycles. The number of aryl methyl sites for hydroxylation is 4. The predicted octanol–water partition coefficient (Wildman–Crippen LogP) is 17.8. The van der Waals surface area contributed by atoms with Gasteiger partial charge in [-0.15, -0.1) is 0 Å². The maximum absolute atomic E-state index is 13.1. The lowest BCUT2D eigenvalue weighted by atomic mass is 10.0. The first-order valence-corrected chi connectivity index (χ1v) is 22.0. The van der Waals surface area contributed by atoms with E-state index < -0.39 is 0 Å². The van der Waals surface area contributed by atoms with Gasteiger partial charge in [-0.1, -0.05) is 180 Å². The van der Waals surface area contributed by atoms with Crippen LogP contribution < -0.4 is 0 Å². The van der Waals surface area contributed by atoms with Crippen molar-refractivity contribution in [3.05, 3.63) is 194 Å². The SMILES string of the molecule is C.CC(C)c1ccc(Cl)cn1.CC(C)c1ccccc1.Cc1ccc(C(C)C)c(F)c1.Cc1ccc(C(C)C)cc1.Cc1cccc(C(C)C)n1.Cc1cnc(C(C)C)c(F)c1. The third kappa shape index (κ3) is 23.5. The Bertz CT molecular complexity index is 1970. The van der Waals surface area contributed by atoms with E-state index in [9.17, 15) is 8.78 Å². The Morgan fingerprint density at radius 1 is 0.435 bits per heavy atom. The van der Waals surface area contributed by atoms with E-state index in [1.165, 1.54) is 28.5 Å². The second-order valence-electron chi connectivity index (χ2n) is 17.3. The van der Waals surface area contributed by atoms with Gasteiger partial charge in [0.1, 0.15) is 11.6 Å². The van der Waals surface area contributed by atoms with Gasteiger partial charge in [0.05, 0.1) is 10.7 Å². The number of hydrogen-bond donors (Lipinski definition) is 0. The van der Waals surface area contributed by atoms with E-state index in [1.54, 1.807) is 18.5 Å². The largest absolute Gasteiger partial charge is 0.259 e. The first kappa shape index (κ1) is 57.3. The Labute approximate surface area is 381 Å². The van der Waals surface area contributed by atoms with Gasteiger partial charge in [-0.2, -0.15) is 0 Å². The second kappa shape index (κ2) is 30.3. The summed E-state index contributed by atoms with van der Waals surface area (Å²) in [7, 11) is 0. The van der Waals surface area contributed by atoms with Crippen LogP contribution in [0.25, 0.3) is 0 Å². The Hall–Kier alpha value is -4.74. The lowest BCUT2D eigenvalue weighted by Crippen LogP contribution is -1.97. The lowest BCUT2D eigenvalue weighted by Gasteiger charge is -2.06. The van der Waals surface area contributed by atoms with E-state index in [-0.39, 0.29) is 30.9 Å². The van der Waals surface area contributed by atoms with Crippen molar-refractivity contribution < 1.29 is 8.78 Å². The van der Waals surface area contributed by atoms with Gasteiger partial charge in [0.15, 0.2) is 0 Å². The summed E-state index contributed by atoms with van der Waals surface area (Å²) in [6.45, 7) is 33.1. The van der Waals surface area contributed by atoms with Crippen LogP contribution in [-0.4, -0.2) is 15.0 Å². The minimum Gasteiger partial charge on any atom is -0.259 e. The van der Waals surface area contributed by atoms with Crippen LogP contribution >= 0.6 is 11.6 Å². The smallest absolute Gasteiger partial charge is 0.145 e. The molecule has 0 fully saturated rings. The van der Waals surface area contributed by atoms with E-state index >= 15 is 0 Å². The van der Waals surface area contributed by atoms with Gasteiger partial charge < -0.3 is 0 Å². The molecule has 62 heavy (non-hydrogen) atoms. The van der Waals surface area contributed by atoms with Crippen LogP contribution in [0.4, 0.5) is 8.78 Å². The normalized spacial score (nSPS) is 10.3. The van der Waals surface area contributed by atoms with Crippen LogP contribution in [0, 0.1) is 39.3 Å². The summed E-state index contributed by atoms with van der Waals surface area (Å²) < 4.78 is 26.1. The molecule has 0 N–H and O–H groups in total. The quantitative estimate of drug-likeness (QED) is 0.167. The molecule has 3 nitrogen and oxygen atoms in total. The van der Waals surface area contributed by atoms with E-state index in [1.807, 2.05) is 84.9 Å². The number of pyridine rings is 3. The number of benzene rings is 3. The molecule has 0 saturated carbocycles. The molecular weight excluding hydrogens is 788 g/mol. The minimum atomic E-state index is -0.194. The summed E-state index contributed by atoms with van der Waals surface area (Å²) in [5, 5.41) is 0.699. The standard InChI is InChI=1S/C10H13F.C10H14.C9H12FN.C9H13N.C9H12.C8H10ClN.CH4/c1-7(2)9-5-4-8(3)6-10(9)11;1-8(2)10-6-4-9(3)5-7-10;1-6(2)9-8(10)4-7(3)5-11-9;1-7(2)9-6-4-5-8(3)10-9;1-8(2)9-6-4-3-5-7-9;1-6(2)8-4-3-7(9)5-10-8;/h4-7H,1-3H3;4-8H,1-3H3;4-6H,1-3H3;4-7H,1-3H3;3-8H,1-2H3;3-6H,1-2H3;1H4. The third-order valence-corrected chi connectivity index (χ3v) is 9.61. The molecule has 0 bridgehead atoms. The topological polar surface area (TPSA) is 38.7 Å². The van der Waals surface area contributed by atoms with Crippen LogP contribution in [0.1, 0.15) is 182 Å². The molecule has 0 radical (unpaired) electrons. The van der Waals surface area contributed by atoms with Gasteiger partial charge in [0.2, 0.25) is 0 Å². The molecule has 0 aliphatic carbocycles.